The van der Waals surface area contributed by atoms with E-state index in [0.29, 0.717) is 12.6 Å². The summed E-state index contributed by atoms with van der Waals surface area (Å²) in [5.41, 5.74) is 0. The predicted octanol–water partition coefficient (Wildman–Crippen LogP) is 0.0928. The normalized spacial score (nSPS) is 23.5. The average Bonchev–Trinajstić information content (AvgIpc) is 2.31. The molecule has 1 saturated heterocycles. The van der Waals surface area contributed by atoms with Gasteiger partial charge in [0.2, 0.25) is 0 Å². The van der Waals surface area contributed by atoms with Crippen molar-refractivity contribution < 1.29 is 9.53 Å². The highest BCUT2D eigenvalue weighted by Gasteiger charge is 2.21. The van der Waals surface area contributed by atoms with Gasteiger partial charge in [-0.1, -0.05) is 13.8 Å². The average molecular weight is 158 g/mol. The summed E-state index contributed by atoms with van der Waals surface area (Å²) in [6, 6.07) is 0.595. The quantitative estimate of drug-likeness (QED) is 0.612. The molecular weight excluding hydrogens is 144 g/mol. The second kappa shape index (κ2) is 3.57. The summed E-state index contributed by atoms with van der Waals surface area (Å²) in [5.74, 6) is 0. The molecule has 2 N–H and O–H groups in total. The molecular formula is C7H14N2O2. The molecule has 0 aromatic rings. The summed E-state index contributed by atoms with van der Waals surface area (Å²) in [5, 5.41) is 5.90. The van der Waals surface area contributed by atoms with Crippen molar-refractivity contribution >= 4 is 6.09 Å². The van der Waals surface area contributed by atoms with Gasteiger partial charge >= 0.3 is 6.09 Å². The van der Waals surface area contributed by atoms with E-state index in [2.05, 4.69) is 24.5 Å². The van der Waals surface area contributed by atoms with Gasteiger partial charge < -0.3 is 15.4 Å². The Bertz CT molecular complexity index is 147. The molecule has 1 fully saturated rings. The molecule has 1 amide bonds. The summed E-state index contributed by atoms with van der Waals surface area (Å²) >= 11 is 0. The van der Waals surface area contributed by atoms with Gasteiger partial charge in [-0.05, 0) is 0 Å². The molecule has 1 rings (SSSR count). The van der Waals surface area contributed by atoms with Gasteiger partial charge in [-0.15, -0.1) is 0 Å². The van der Waals surface area contributed by atoms with Crippen LogP contribution in [0.15, 0.2) is 0 Å². The Kier molecular flexibility index (Phi) is 2.70. The first kappa shape index (κ1) is 8.33. The lowest BCUT2D eigenvalue weighted by molar-refractivity contribution is 0.176. The van der Waals surface area contributed by atoms with E-state index in [1.807, 2.05) is 0 Å². The van der Waals surface area contributed by atoms with Crippen molar-refractivity contribution in [1.82, 2.24) is 10.6 Å². The van der Waals surface area contributed by atoms with Crippen molar-refractivity contribution in [3.63, 3.8) is 0 Å². The number of ether oxygens (including phenoxy) is 1. The molecule has 0 unspecified atom stereocenters. The smallest absolute Gasteiger partial charge is 0.407 e. The SMILES string of the molecule is CC(C)NC[C@H]1COC(=O)N1. The van der Waals surface area contributed by atoms with Crippen LogP contribution in [0.4, 0.5) is 4.79 Å². The van der Waals surface area contributed by atoms with Crippen LogP contribution in [0, 0.1) is 0 Å². The number of carbonyl (C=O) groups excluding carboxylic acids is 1. The summed E-state index contributed by atoms with van der Waals surface area (Å²) in [6.07, 6.45) is -0.305. The second-order valence-electron chi connectivity index (χ2n) is 3.00. The molecule has 0 bridgehead atoms. The highest BCUT2D eigenvalue weighted by atomic mass is 16.6. The molecule has 4 nitrogen and oxygen atoms in total. The highest BCUT2D eigenvalue weighted by Crippen LogP contribution is 1.95. The van der Waals surface area contributed by atoms with Crippen LogP contribution in [0.25, 0.3) is 0 Å². The van der Waals surface area contributed by atoms with Gasteiger partial charge in [0.25, 0.3) is 0 Å². The van der Waals surface area contributed by atoms with Gasteiger partial charge in [-0.3, -0.25) is 0 Å². The number of alkyl carbamates (subject to hydrolysis) is 1. The van der Waals surface area contributed by atoms with E-state index < -0.39 is 0 Å². The first-order valence-corrected chi connectivity index (χ1v) is 3.85. The highest BCUT2D eigenvalue weighted by molar-refractivity contribution is 5.69. The van der Waals surface area contributed by atoms with Crippen LogP contribution in [0.5, 0.6) is 0 Å². The minimum Gasteiger partial charge on any atom is -0.447 e. The molecule has 4 heteroatoms. The van der Waals surface area contributed by atoms with Crippen LogP contribution < -0.4 is 10.6 Å². The Balaban J connectivity index is 2.13. The van der Waals surface area contributed by atoms with Crippen molar-refractivity contribution in [2.24, 2.45) is 0 Å². The van der Waals surface area contributed by atoms with Crippen molar-refractivity contribution in [3.8, 4) is 0 Å². The van der Waals surface area contributed by atoms with Gasteiger partial charge in [0.15, 0.2) is 0 Å². The molecule has 0 aromatic carbocycles. The zero-order chi connectivity index (χ0) is 8.27. The largest absolute Gasteiger partial charge is 0.447 e. The zero-order valence-electron chi connectivity index (χ0n) is 6.89. The third kappa shape index (κ3) is 2.76. The standard InChI is InChI=1S/C7H14N2O2/c1-5(2)8-3-6-4-11-7(10)9-6/h5-6,8H,3-4H2,1-2H3,(H,9,10)/t6-/m0/s1. The molecule has 64 valence electrons. The Morgan fingerprint density at radius 1 is 1.82 bits per heavy atom. The van der Waals surface area contributed by atoms with Crippen LogP contribution in [0.2, 0.25) is 0 Å². The Hall–Kier alpha value is -0.770. The second-order valence-corrected chi connectivity index (χ2v) is 3.00. The van der Waals surface area contributed by atoms with Crippen LogP contribution >= 0.6 is 0 Å². The lowest BCUT2D eigenvalue weighted by Gasteiger charge is -2.11. The third-order valence-corrected chi connectivity index (χ3v) is 1.51. The minimum atomic E-state index is -0.305. The van der Waals surface area contributed by atoms with Crippen molar-refractivity contribution in [1.29, 1.82) is 0 Å². The number of hydrogen-bond acceptors (Lipinski definition) is 3. The number of hydrogen-bond donors (Lipinski definition) is 2. The van der Waals surface area contributed by atoms with E-state index in [0.717, 1.165) is 6.54 Å². The fourth-order valence-electron chi connectivity index (χ4n) is 0.914. The molecule has 0 aromatic heterocycles. The fraction of sp³-hybridized carbons (Fsp3) is 0.857. The van der Waals surface area contributed by atoms with E-state index in [9.17, 15) is 4.79 Å². The lowest BCUT2D eigenvalue weighted by Crippen LogP contribution is -2.39. The zero-order valence-corrected chi connectivity index (χ0v) is 6.89. The topological polar surface area (TPSA) is 50.4 Å². The number of rotatable bonds is 3. The van der Waals surface area contributed by atoms with E-state index in [-0.39, 0.29) is 12.1 Å². The minimum absolute atomic E-state index is 0.143. The first-order chi connectivity index (χ1) is 5.18. The monoisotopic (exact) mass is 158 g/mol. The maximum Gasteiger partial charge on any atom is 0.407 e. The molecule has 0 radical (unpaired) electrons. The van der Waals surface area contributed by atoms with Crippen molar-refractivity contribution in [2.75, 3.05) is 13.2 Å². The summed E-state index contributed by atoms with van der Waals surface area (Å²) in [7, 11) is 0. The van der Waals surface area contributed by atoms with Crippen LogP contribution in [0.3, 0.4) is 0 Å². The number of amides is 1. The molecule has 0 aliphatic carbocycles. The van der Waals surface area contributed by atoms with Gasteiger partial charge in [-0.25, -0.2) is 4.79 Å². The van der Waals surface area contributed by atoms with Crippen LogP contribution in [-0.2, 0) is 4.74 Å². The fourth-order valence-corrected chi connectivity index (χ4v) is 0.914. The Labute approximate surface area is 66.3 Å². The van der Waals surface area contributed by atoms with E-state index in [4.69, 9.17) is 4.74 Å². The van der Waals surface area contributed by atoms with Gasteiger partial charge in [0.1, 0.15) is 6.61 Å². The number of carbonyl (C=O) groups is 1. The van der Waals surface area contributed by atoms with Crippen LogP contribution in [0.1, 0.15) is 13.8 Å². The van der Waals surface area contributed by atoms with Crippen LogP contribution in [-0.4, -0.2) is 31.3 Å². The molecule has 1 aliphatic rings. The summed E-state index contributed by atoms with van der Waals surface area (Å²) in [4.78, 5) is 10.5. The molecule has 1 aliphatic heterocycles. The van der Waals surface area contributed by atoms with Gasteiger partial charge in [-0.2, -0.15) is 0 Å². The molecule has 1 heterocycles. The Morgan fingerprint density at radius 3 is 3.00 bits per heavy atom. The predicted molar refractivity (Wildman–Crippen MR) is 41.4 cm³/mol. The first-order valence-electron chi connectivity index (χ1n) is 3.85. The maximum absolute atomic E-state index is 10.5. The summed E-state index contributed by atoms with van der Waals surface area (Å²) in [6.45, 7) is 5.40. The number of cyclic esters (lactones) is 1. The lowest BCUT2D eigenvalue weighted by atomic mass is 10.3. The van der Waals surface area contributed by atoms with E-state index in [1.165, 1.54) is 0 Å². The number of nitrogens with one attached hydrogen (secondary N) is 2. The van der Waals surface area contributed by atoms with Gasteiger partial charge in [0, 0.05) is 12.6 Å². The molecule has 1 atom stereocenters. The Morgan fingerprint density at radius 2 is 2.55 bits per heavy atom. The van der Waals surface area contributed by atoms with E-state index in [1.54, 1.807) is 0 Å². The maximum atomic E-state index is 10.5. The third-order valence-electron chi connectivity index (χ3n) is 1.51. The molecule has 0 saturated carbocycles. The molecule has 11 heavy (non-hydrogen) atoms. The van der Waals surface area contributed by atoms with Gasteiger partial charge in [0.05, 0.1) is 6.04 Å². The summed E-state index contributed by atoms with van der Waals surface area (Å²) < 4.78 is 4.71. The van der Waals surface area contributed by atoms with Crippen molar-refractivity contribution in [3.05, 3.63) is 0 Å². The van der Waals surface area contributed by atoms with Crippen molar-refractivity contribution in [2.45, 2.75) is 25.9 Å². The van der Waals surface area contributed by atoms with E-state index >= 15 is 0 Å². The molecule has 0 spiro atoms.